The van der Waals surface area contributed by atoms with E-state index in [9.17, 15) is 4.21 Å². The van der Waals surface area contributed by atoms with E-state index in [1.165, 1.54) is 16.3 Å². The molecule has 138 valence electrons. The van der Waals surface area contributed by atoms with Crippen molar-refractivity contribution in [3.8, 4) is 0 Å². The first-order chi connectivity index (χ1) is 13.8. The quantitative estimate of drug-likeness (QED) is 0.443. The number of fused-ring (bicyclic) bond motifs is 2. The van der Waals surface area contributed by atoms with Crippen molar-refractivity contribution in [3.05, 3.63) is 108 Å². The van der Waals surface area contributed by atoms with Crippen LogP contribution < -0.4 is 5.32 Å². The van der Waals surface area contributed by atoms with Gasteiger partial charge in [0.1, 0.15) is 0 Å². The lowest BCUT2D eigenvalue weighted by Crippen LogP contribution is -2.13. The average molecular weight is 384 g/mol. The Morgan fingerprint density at radius 1 is 0.714 bits per heavy atom. The summed E-state index contributed by atoms with van der Waals surface area (Å²) in [6, 6.07) is 33.4. The van der Waals surface area contributed by atoms with Gasteiger partial charge in [-0.1, -0.05) is 78.9 Å². The maximum absolute atomic E-state index is 13.5. The average Bonchev–Trinajstić information content (AvgIpc) is 2.91. The van der Waals surface area contributed by atoms with Crippen LogP contribution in [0.25, 0.3) is 10.8 Å². The highest BCUT2D eigenvalue weighted by molar-refractivity contribution is 7.85. The molecule has 0 bridgehead atoms. The molecule has 0 unspecified atom stereocenters. The number of rotatable bonds is 2. The Morgan fingerprint density at radius 3 is 2.29 bits per heavy atom. The number of hydrogen-bond acceptors (Lipinski definition) is 2. The molecule has 1 N–H and O–H groups in total. The van der Waals surface area contributed by atoms with Crippen molar-refractivity contribution in [1.29, 1.82) is 0 Å². The van der Waals surface area contributed by atoms with Crippen molar-refractivity contribution in [1.82, 2.24) is 0 Å². The Bertz CT molecular complexity index is 1160. The lowest BCUT2D eigenvalue weighted by molar-refractivity contribution is 0.644. The fourth-order valence-electron chi connectivity index (χ4n) is 4.03. The Morgan fingerprint density at radius 2 is 1.43 bits per heavy atom. The van der Waals surface area contributed by atoms with Gasteiger partial charge in [0, 0.05) is 0 Å². The molecule has 0 fully saturated rings. The van der Waals surface area contributed by atoms with Crippen LogP contribution in [0.5, 0.6) is 0 Å². The van der Waals surface area contributed by atoms with E-state index in [0.717, 1.165) is 22.6 Å². The minimum absolute atomic E-state index is 0.0474. The molecule has 0 saturated carbocycles. The van der Waals surface area contributed by atoms with Crippen LogP contribution in [0.1, 0.15) is 28.8 Å². The zero-order chi connectivity index (χ0) is 18.9. The fourth-order valence-corrected chi connectivity index (χ4v) is 5.67. The van der Waals surface area contributed by atoms with E-state index in [2.05, 4.69) is 59.9 Å². The topological polar surface area (TPSA) is 29.1 Å². The standard InChI is InChI=1S/C25H21NOS/c27-28-24-13-7-6-12-22(24)26-23(17-25(28)19-9-2-1-3-10-19)21-15-14-18-8-4-5-11-20(18)16-21/h1-16,23,25-26H,17H2/t23-,25-,28+/m1/s1. The van der Waals surface area contributed by atoms with Gasteiger partial charge in [-0.15, -0.1) is 0 Å². The molecule has 3 heteroatoms. The second-order valence-corrected chi connectivity index (χ2v) is 8.84. The monoisotopic (exact) mass is 383 g/mol. The Balaban J connectivity index is 1.62. The van der Waals surface area contributed by atoms with Gasteiger partial charge < -0.3 is 5.32 Å². The highest BCUT2D eigenvalue weighted by atomic mass is 32.2. The normalized spacial score (nSPS) is 21.5. The smallest absolute Gasteiger partial charge is 0.0667 e. The molecule has 1 heterocycles. The molecule has 3 atom stereocenters. The summed E-state index contributed by atoms with van der Waals surface area (Å²) in [7, 11) is -1.11. The first-order valence-corrected chi connectivity index (χ1v) is 10.8. The molecule has 0 amide bonds. The van der Waals surface area contributed by atoms with Crippen LogP contribution in [0.3, 0.4) is 0 Å². The van der Waals surface area contributed by atoms with Crippen LogP contribution in [0.2, 0.25) is 0 Å². The largest absolute Gasteiger partial charge is 0.377 e. The van der Waals surface area contributed by atoms with Gasteiger partial charge >= 0.3 is 0 Å². The molecule has 4 aromatic carbocycles. The minimum atomic E-state index is -1.11. The molecule has 2 nitrogen and oxygen atoms in total. The summed E-state index contributed by atoms with van der Waals surface area (Å²) in [6.07, 6.45) is 0.781. The van der Waals surface area contributed by atoms with Crippen molar-refractivity contribution < 1.29 is 4.21 Å². The van der Waals surface area contributed by atoms with Gasteiger partial charge in [-0.2, -0.15) is 0 Å². The van der Waals surface area contributed by atoms with Gasteiger partial charge in [0.25, 0.3) is 0 Å². The third-order valence-electron chi connectivity index (χ3n) is 5.49. The molecule has 28 heavy (non-hydrogen) atoms. The number of benzene rings is 4. The van der Waals surface area contributed by atoms with Crippen molar-refractivity contribution in [3.63, 3.8) is 0 Å². The second kappa shape index (κ2) is 7.25. The van der Waals surface area contributed by atoms with E-state index >= 15 is 0 Å². The van der Waals surface area contributed by atoms with Crippen LogP contribution in [0.15, 0.2) is 102 Å². The van der Waals surface area contributed by atoms with Gasteiger partial charge in [-0.25, -0.2) is 0 Å². The molecule has 0 saturated heterocycles. The zero-order valence-corrected chi connectivity index (χ0v) is 16.2. The number of hydrogen-bond donors (Lipinski definition) is 1. The molecule has 0 aliphatic carbocycles. The van der Waals surface area contributed by atoms with E-state index in [1.807, 2.05) is 42.5 Å². The van der Waals surface area contributed by atoms with Gasteiger partial charge in [0.2, 0.25) is 0 Å². The Hall–Kier alpha value is -2.91. The number of para-hydroxylation sites is 1. The van der Waals surface area contributed by atoms with Crippen LogP contribution in [0.4, 0.5) is 5.69 Å². The van der Waals surface area contributed by atoms with E-state index in [-0.39, 0.29) is 11.3 Å². The maximum Gasteiger partial charge on any atom is 0.0667 e. The van der Waals surface area contributed by atoms with Crippen molar-refractivity contribution >= 4 is 27.3 Å². The molecule has 1 aliphatic rings. The van der Waals surface area contributed by atoms with Crippen LogP contribution in [0, 0.1) is 0 Å². The summed E-state index contributed by atoms with van der Waals surface area (Å²) in [6.45, 7) is 0. The molecule has 5 rings (SSSR count). The molecule has 4 aromatic rings. The van der Waals surface area contributed by atoms with E-state index < -0.39 is 10.8 Å². The molecule has 1 aliphatic heterocycles. The Labute approximate surface area is 167 Å². The fraction of sp³-hybridized carbons (Fsp3) is 0.120. The van der Waals surface area contributed by atoms with Crippen molar-refractivity contribution in [2.24, 2.45) is 0 Å². The first kappa shape index (κ1) is 17.2. The lowest BCUT2D eigenvalue weighted by atomic mass is 9.96. The SMILES string of the molecule is O=[S@]1c2ccccc2N[C@@H](c2ccc3ccccc3c2)C[C@@H]1c1ccccc1. The molecule has 0 radical (unpaired) electrons. The molecular formula is C25H21NOS. The summed E-state index contributed by atoms with van der Waals surface area (Å²) in [5, 5.41) is 6.10. The van der Waals surface area contributed by atoms with Gasteiger partial charge in [-0.3, -0.25) is 4.21 Å². The maximum atomic E-state index is 13.5. The predicted molar refractivity (Wildman–Crippen MR) is 117 cm³/mol. The van der Waals surface area contributed by atoms with E-state index in [1.54, 1.807) is 0 Å². The van der Waals surface area contributed by atoms with Gasteiger partial charge in [0.15, 0.2) is 0 Å². The van der Waals surface area contributed by atoms with Crippen LogP contribution >= 0.6 is 0 Å². The number of nitrogens with one attached hydrogen (secondary N) is 1. The Kier molecular flexibility index (Phi) is 4.46. The molecule has 0 aromatic heterocycles. The van der Waals surface area contributed by atoms with Crippen molar-refractivity contribution in [2.45, 2.75) is 22.6 Å². The summed E-state index contributed by atoms with van der Waals surface area (Å²) in [4.78, 5) is 0.889. The van der Waals surface area contributed by atoms with Gasteiger partial charge in [-0.05, 0) is 46.5 Å². The molecular weight excluding hydrogens is 362 g/mol. The minimum Gasteiger partial charge on any atom is -0.377 e. The third kappa shape index (κ3) is 3.12. The molecule has 0 spiro atoms. The van der Waals surface area contributed by atoms with Gasteiger partial charge in [0.05, 0.1) is 32.7 Å². The van der Waals surface area contributed by atoms with E-state index in [0.29, 0.717) is 0 Å². The first-order valence-electron chi connectivity index (χ1n) is 9.59. The summed E-state index contributed by atoms with van der Waals surface area (Å²) >= 11 is 0. The second-order valence-electron chi connectivity index (χ2n) is 7.23. The summed E-state index contributed by atoms with van der Waals surface area (Å²) in [5.41, 5.74) is 3.33. The number of anilines is 1. The lowest BCUT2D eigenvalue weighted by Gasteiger charge is -2.22. The van der Waals surface area contributed by atoms with Crippen LogP contribution in [-0.2, 0) is 10.8 Å². The third-order valence-corrected chi connectivity index (χ3v) is 7.26. The zero-order valence-electron chi connectivity index (χ0n) is 15.4. The van der Waals surface area contributed by atoms with E-state index in [4.69, 9.17) is 0 Å². The van der Waals surface area contributed by atoms with Crippen molar-refractivity contribution in [2.75, 3.05) is 5.32 Å². The van der Waals surface area contributed by atoms with Crippen LogP contribution in [-0.4, -0.2) is 4.21 Å². The highest BCUT2D eigenvalue weighted by Gasteiger charge is 2.30. The summed E-state index contributed by atoms with van der Waals surface area (Å²) < 4.78 is 13.5. The summed E-state index contributed by atoms with van der Waals surface area (Å²) in [5.74, 6) is 0. The highest BCUT2D eigenvalue weighted by Crippen LogP contribution is 2.41. The predicted octanol–water partition coefficient (Wildman–Crippen LogP) is 6.25.